The van der Waals surface area contributed by atoms with Gasteiger partial charge in [-0.15, -0.1) is 0 Å². The minimum atomic E-state index is -1.11. The summed E-state index contributed by atoms with van der Waals surface area (Å²) in [5, 5.41) is 5.49. The number of methoxy groups -OCH3 is 1. The van der Waals surface area contributed by atoms with Gasteiger partial charge in [0.25, 0.3) is 0 Å². The van der Waals surface area contributed by atoms with E-state index in [0.29, 0.717) is 31.6 Å². The molecule has 11 heteroatoms. The zero-order chi connectivity index (χ0) is 30.1. The number of benzene rings is 1. The lowest BCUT2D eigenvalue weighted by Crippen LogP contribution is -2.79. The van der Waals surface area contributed by atoms with Gasteiger partial charge < -0.3 is 19.1 Å². The summed E-state index contributed by atoms with van der Waals surface area (Å²) in [5.41, 5.74) is 1.83. The van der Waals surface area contributed by atoms with Crippen LogP contribution in [0.1, 0.15) is 46.5 Å². The van der Waals surface area contributed by atoms with Gasteiger partial charge in [0.05, 0.1) is 33.8 Å². The van der Waals surface area contributed by atoms with E-state index in [0.717, 1.165) is 52.0 Å². The number of fused-ring (bicyclic) bond motifs is 2. The Labute approximate surface area is 249 Å². The highest BCUT2D eigenvalue weighted by Crippen LogP contribution is 2.66. The lowest BCUT2D eigenvalue weighted by atomic mass is 9.46. The van der Waals surface area contributed by atoms with E-state index in [1.54, 1.807) is 11.8 Å². The Bertz CT molecular complexity index is 1710. The van der Waals surface area contributed by atoms with Crippen LogP contribution in [0.5, 0.6) is 5.75 Å². The number of hydrogen-bond donors (Lipinski definition) is 0. The molecule has 3 aromatic heterocycles. The third-order valence-corrected chi connectivity index (χ3v) is 8.75. The van der Waals surface area contributed by atoms with Crippen molar-refractivity contribution in [1.29, 1.82) is 0 Å². The normalized spacial score (nSPS) is 24.6. The molecule has 4 heterocycles. The fourth-order valence-electron chi connectivity index (χ4n) is 7.01. The van der Waals surface area contributed by atoms with E-state index in [1.165, 1.54) is 0 Å². The van der Waals surface area contributed by atoms with Crippen molar-refractivity contribution in [2.75, 3.05) is 31.9 Å². The molecule has 1 aromatic carbocycles. The first-order chi connectivity index (χ1) is 20.4. The third kappa shape index (κ3) is 4.93. The number of pyridine rings is 2. The van der Waals surface area contributed by atoms with Crippen molar-refractivity contribution >= 4 is 33.8 Å². The first-order valence-corrected chi connectivity index (χ1v) is 14.8. The summed E-state index contributed by atoms with van der Waals surface area (Å²) in [6.45, 7) is 7.08. The van der Waals surface area contributed by atoms with E-state index in [9.17, 15) is 9.18 Å². The van der Waals surface area contributed by atoms with Gasteiger partial charge in [0.1, 0.15) is 22.8 Å². The molecule has 226 valence electrons. The molecule has 0 N–H and O–H groups in total. The monoisotopic (exact) mass is 588 g/mol. The van der Waals surface area contributed by atoms with E-state index >= 15 is 0 Å². The summed E-state index contributed by atoms with van der Waals surface area (Å²) in [5.74, 6) is 1.47. The first-order valence-electron chi connectivity index (χ1n) is 14.8. The molecule has 43 heavy (non-hydrogen) atoms. The van der Waals surface area contributed by atoms with Crippen LogP contribution in [0.25, 0.3) is 33.2 Å². The molecule has 2 bridgehead atoms. The lowest BCUT2D eigenvalue weighted by molar-refractivity contribution is -0.226. The van der Waals surface area contributed by atoms with E-state index in [-0.39, 0.29) is 18.9 Å². The summed E-state index contributed by atoms with van der Waals surface area (Å²) >= 11 is 0. The minimum Gasteiger partial charge on any atom is -0.467 e. The van der Waals surface area contributed by atoms with Crippen LogP contribution in [0.2, 0.25) is 0 Å². The molecule has 0 radical (unpaired) electrons. The van der Waals surface area contributed by atoms with Crippen LogP contribution in [0.4, 0.5) is 15.0 Å². The summed E-state index contributed by atoms with van der Waals surface area (Å²) in [6, 6.07) is 11.7. The van der Waals surface area contributed by atoms with Crippen molar-refractivity contribution in [2.24, 2.45) is 7.05 Å². The van der Waals surface area contributed by atoms with Gasteiger partial charge >= 0.3 is 6.09 Å². The fourth-order valence-corrected chi connectivity index (χ4v) is 7.01. The molecule has 1 amide bonds. The number of rotatable bonds is 7. The number of carbonyl (C=O) groups excluding carboxylic acids is 1. The number of hydrogen-bond acceptors (Lipinski definition) is 8. The van der Waals surface area contributed by atoms with Gasteiger partial charge in [-0.1, -0.05) is 0 Å². The molecule has 4 fully saturated rings. The molecular weight excluding hydrogens is 551 g/mol. The number of amides is 1. The number of anilines is 1. The van der Waals surface area contributed by atoms with Gasteiger partial charge in [-0.2, -0.15) is 5.10 Å². The Kier molecular flexibility index (Phi) is 6.32. The molecule has 10 nitrogen and oxygen atoms in total. The zero-order valence-electron chi connectivity index (χ0n) is 25.3. The maximum Gasteiger partial charge on any atom is 0.411 e. The number of alkyl halides is 1. The SMILES string of the molecule is COCOc1cc2nn(C)cc2cc1-c1ccc2nc(N3CCC(N(C(=O)OC(C)(C)C)C45CC(F)(C4)C5)C3)ccc2n1. The van der Waals surface area contributed by atoms with Crippen LogP contribution in [0, 0.1) is 0 Å². The molecule has 1 aliphatic heterocycles. The van der Waals surface area contributed by atoms with E-state index in [2.05, 4.69) is 10.00 Å². The topological polar surface area (TPSA) is 94.8 Å². The maximum absolute atomic E-state index is 14.5. The highest BCUT2D eigenvalue weighted by molar-refractivity contribution is 5.89. The predicted molar refractivity (Wildman–Crippen MR) is 161 cm³/mol. The smallest absolute Gasteiger partial charge is 0.411 e. The van der Waals surface area contributed by atoms with Gasteiger partial charge in [0.15, 0.2) is 6.79 Å². The van der Waals surface area contributed by atoms with Crippen molar-refractivity contribution in [3.8, 4) is 17.0 Å². The minimum absolute atomic E-state index is 0.0642. The molecular formula is C32H37FN6O4. The Morgan fingerprint density at radius 3 is 2.56 bits per heavy atom. The summed E-state index contributed by atoms with van der Waals surface area (Å²) in [4.78, 5) is 27.3. The molecule has 3 saturated carbocycles. The van der Waals surface area contributed by atoms with Crippen molar-refractivity contribution in [3.05, 3.63) is 42.6 Å². The van der Waals surface area contributed by atoms with E-state index in [4.69, 9.17) is 24.2 Å². The first kappa shape index (κ1) is 27.8. The largest absolute Gasteiger partial charge is 0.467 e. The second kappa shape index (κ2) is 9.77. The van der Waals surface area contributed by atoms with Gasteiger partial charge in [0, 0.05) is 69.7 Å². The standard InChI is InChI=1S/C32H37FN6O4/c1-30(2,3)43-29(40)39(32-16-31(33,17-32)18-32)21-10-11-38(15-21)28-9-8-24-25(35-28)7-6-23(34-24)22-12-20-14-37(4)36-26(20)13-27(22)42-19-41-5/h6-9,12-14,21H,10-11,15-19H2,1-5H3. The fraction of sp³-hybridized carbons (Fsp3) is 0.500. The summed E-state index contributed by atoms with van der Waals surface area (Å²) in [7, 11) is 3.47. The number of nitrogens with zero attached hydrogens (tertiary/aromatic N) is 6. The van der Waals surface area contributed by atoms with Gasteiger partial charge in [-0.05, 0) is 57.5 Å². The second-order valence-electron chi connectivity index (χ2n) is 13.3. The summed E-state index contributed by atoms with van der Waals surface area (Å²) < 4.78 is 33.1. The average molecular weight is 589 g/mol. The van der Waals surface area contributed by atoms with E-state index in [1.807, 2.05) is 75.3 Å². The molecule has 1 atom stereocenters. The van der Waals surface area contributed by atoms with Crippen LogP contribution in [0.3, 0.4) is 0 Å². The quantitative estimate of drug-likeness (QED) is 0.257. The predicted octanol–water partition coefficient (Wildman–Crippen LogP) is 5.63. The second-order valence-corrected chi connectivity index (χ2v) is 13.3. The zero-order valence-corrected chi connectivity index (χ0v) is 25.3. The molecule has 4 aliphatic rings. The molecule has 1 saturated heterocycles. The highest BCUT2D eigenvalue weighted by Gasteiger charge is 2.73. The third-order valence-electron chi connectivity index (χ3n) is 8.75. The van der Waals surface area contributed by atoms with Gasteiger partial charge in [-0.3, -0.25) is 9.58 Å². The van der Waals surface area contributed by atoms with Crippen molar-refractivity contribution in [3.63, 3.8) is 0 Å². The molecule has 3 aliphatic carbocycles. The summed E-state index contributed by atoms with van der Waals surface area (Å²) in [6.07, 6.45) is 3.61. The Morgan fingerprint density at radius 1 is 1.09 bits per heavy atom. The highest BCUT2D eigenvalue weighted by atomic mass is 19.1. The number of aryl methyl sites for hydroxylation is 1. The molecule has 8 rings (SSSR count). The van der Waals surface area contributed by atoms with Crippen molar-refractivity contribution < 1.29 is 23.4 Å². The van der Waals surface area contributed by atoms with Crippen LogP contribution in [-0.2, 0) is 16.5 Å². The van der Waals surface area contributed by atoms with Crippen molar-refractivity contribution in [1.82, 2.24) is 24.6 Å². The number of halogens is 1. The van der Waals surface area contributed by atoms with E-state index < -0.39 is 16.8 Å². The maximum atomic E-state index is 14.5. The van der Waals surface area contributed by atoms with Crippen molar-refractivity contribution in [2.45, 2.75) is 69.3 Å². The number of ether oxygens (including phenoxy) is 3. The molecule has 0 spiro atoms. The lowest BCUT2D eigenvalue weighted by Gasteiger charge is -2.70. The van der Waals surface area contributed by atoms with Crippen LogP contribution < -0.4 is 9.64 Å². The Hall–Kier alpha value is -3.99. The number of aromatic nitrogens is 4. The van der Waals surface area contributed by atoms with Crippen LogP contribution >= 0.6 is 0 Å². The van der Waals surface area contributed by atoms with Crippen LogP contribution in [0.15, 0.2) is 42.6 Å². The van der Waals surface area contributed by atoms with Crippen LogP contribution in [-0.4, -0.2) is 80.6 Å². The average Bonchev–Trinajstić information content (AvgIpc) is 3.54. The number of carbonyl (C=O) groups is 1. The van der Waals surface area contributed by atoms with Gasteiger partial charge in [0.2, 0.25) is 0 Å². The Balaban J connectivity index is 1.13. The molecule has 1 unspecified atom stereocenters. The molecule has 4 aromatic rings. The Morgan fingerprint density at radius 2 is 1.84 bits per heavy atom. The van der Waals surface area contributed by atoms with Gasteiger partial charge in [-0.25, -0.2) is 19.2 Å².